The van der Waals surface area contributed by atoms with Crippen molar-refractivity contribution in [2.75, 3.05) is 35.2 Å². The van der Waals surface area contributed by atoms with Crippen molar-refractivity contribution in [3.05, 3.63) is 36.3 Å². The first-order valence-corrected chi connectivity index (χ1v) is 9.85. The fourth-order valence-electron chi connectivity index (χ4n) is 3.24. The van der Waals surface area contributed by atoms with Crippen LogP contribution in [0.5, 0.6) is 0 Å². The zero-order chi connectivity index (χ0) is 21.5. The molecule has 4 N–H and O–H groups in total. The van der Waals surface area contributed by atoms with E-state index < -0.39 is 11.9 Å². The molecule has 30 heavy (non-hydrogen) atoms. The van der Waals surface area contributed by atoms with Crippen LogP contribution in [-0.2, 0) is 4.79 Å². The zero-order valence-electron chi connectivity index (χ0n) is 16.7. The number of anilines is 4. The average molecular weight is 416 g/mol. The highest BCUT2D eigenvalue weighted by atomic mass is 19.1. The van der Waals surface area contributed by atoms with E-state index >= 15 is 0 Å². The first-order chi connectivity index (χ1) is 14.4. The Labute approximate surface area is 173 Å². The Balaban J connectivity index is 1.61. The fraction of sp³-hybridized carbons (Fsp3) is 0.400. The van der Waals surface area contributed by atoms with Crippen LogP contribution in [0.15, 0.2) is 30.5 Å². The predicted molar refractivity (Wildman–Crippen MR) is 112 cm³/mol. The first kappa shape index (κ1) is 21.3. The Morgan fingerprint density at radius 2 is 1.87 bits per heavy atom. The molecule has 1 saturated heterocycles. The lowest BCUT2D eigenvalue weighted by molar-refractivity contribution is -0.115. The maximum Gasteiger partial charge on any atom is 0.404 e. The van der Waals surface area contributed by atoms with Crippen LogP contribution < -0.4 is 20.9 Å². The summed E-state index contributed by atoms with van der Waals surface area (Å²) in [7, 11) is 0. The van der Waals surface area contributed by atoms with Gasteiger partial charge in [-0.3, -0.25) is 4.79 Å². The zero-order valence-corrected chi connectivity index (χ0v) is 16.7. The van der Waals surface area contributed by atoms with Gasteiger partial charge in [-0.15, -0.1) is 0 Å². The number of carboxylic acid groups (broad SMARTS) is 1. The van der Waals surface area contributed by atoms with Gasteiger partial charge in [-0.2, -0.15) is 4.98 Å². The van der Waals surface area contributed by atoms with Crippen LogP contribution in [0.4, 0.5) is 32.3 Å². The van der Waals surface area contributed by atoms with Crippen molar-refractivity contribution >= 4 is 35.1 Å². The van der Waals surface area contributed by atoms with Crippen molar-refractivity contribution in [3.8, 4) is 0 Å². The SMILES string of the molecule is CCC(=O)Nc1ccc(Nc2ncc(F)c(N3CCC(CNC(=O)O)CC3)n2)cc1. The summed E-state index contributed by atoms with van der Waals surface area (Å²) < 4.78 is 14.3. The molecule has 10 heteroatoms. The van der Waals surface area contributed by atoms with Gasteiger partial charge in [0, 0.05) is 37.4 Å². The molecule has 1 fully saturated rings. The summed E-state index contributed by atoms with van der Waals surface area (Å²) in [4.78, 5) is 32.3. The van der Waals surface area contributed by atoms with Gasteiger partial charge in [-0.1, -0.05) is 6.92 Å². The van der Waals surface area contributed by atoms with E-state index in [2.05, 4.69) is 25.9 Å². The van der Waals surface area contributed by atoms with Crippen molar-refractivity contribution in [3.63, 3.8) is 0 Å². The van der Waals surface area contributed by atoms with Crippen LogP contribution in [0.3, 0.4) is 0 Å². The summed E-state index contributed by atoms with van der Waals surface area (Å²) in [5, 5.41) is 16.9. The van der Waals surface area contributed by atoms with E-state index in [4.69, 9.17) is 5.11 Å². The van der Waals surface area contributed by atoms with E-state index in [1.54, 1.807) is 31.2 Å². The molecular formula is C20H25FN6O3. The van der Waals surface area contributed by atoms with E-state index in [-0.39, 0.29) is 23.6 Å². The molecule has 3 rings (SSSR count). The van der Waals surface area contributed by atoms with Gasteiger partial charge in [0.15, 0.2) is 11.6 Å². The molecule has 1 aromatic carbocycles. The minimum atomic E-state index is -1.03. The molecule has 0 spiro atoms. The number of rotatable bonds is 7. The van der Waals surface area contributed by atoms with Crippen molar-refractivity contribution in [2.45, 2.75) is 26.2 Å². The second kappa shape index (κ2) is 9.86. The van der Waals surface area contributed by atoms with E-state index in [0.717, 1.165) is 19.0 Å². The molecule has 2 heterocycles. The van der Waals surface area contributed by atoms with Gasteiger partial charge in [-0.25, -0.2) is 14.2 Å². The van der Waals surface area contributed by atoms with Gasteiger partial charge in [0.05, 0.1) is 6.20 Å². The van der Waals surface area contributed by atoms with Gasteiger partial charge in [0.2, 0.25) is 11.9 Å². The Morgan fingerprint density at radius 3 is 2.50 bits per heavy atom. The highest BCUT2D eigenvalue weighted by molar-refractivity contribution is 5.90. The van der Waals surface area contributed by atoms with Crippen molar-refractivity contribution in [1.29, 1.82) is 0 Å². The first-order valence-electron chi connectivity index (χ1n) is 9.85. The van der Waals surface area contributed by atoms with Crippen molar-refractivity contribution in [2.24, 2.45) is 5.92 Å². The molecule has 1 aromatic heterocycles. The molecule has 160 valence electrons. The molecule has 1 aliphatic heterocycles. The number of benzene rings is 1. The maximum atomic E-state index is 14.3. The monoisotopic (exact) mass is 416 g/mol. The summed E-state index contributed by atoms with van der Waals surface area (Å²) in [5.41, 5.74) is 1.40. The van der Waals surface area contributed by atoms with E-state index in [1.807, 2.05) is 4.90 Å². The quantitative estimate of drug-likeness (QED) is 0.547. The summed E-state index contributed by atoms with van der Waals surface area (Å²) in [5.74, 6) is 0.159. The third-order valence-electron chi connectivity index (χ3n) is 4.93. The molecule has 1 aliphatic rings. The van der Waals surface area contributed by atoms with Crippen LogP contribution >= 0.6 is 0 Å². The third kappa shape index (κ3) is 5.79. The number of hydrogen-bond donors (Lipinski definition) is 4. The molecule has 0 aliphatic carbocycles. The lowest BCUT2D eigenvalue weighted by Gasteiger charge is -2.32. The van der Waals surface area contributed by atoms with Gasteiger partial charge in [-0.05, 0) is 43.0 Å². The number of amides is 2. The third-order valence-corrected chi connectivity index (χ3v) is 4.93. The Hall–Kier alpha value is -3.43. The highest BCUT2D eigenvalue weighted by Crippen LogP contribution is 2.25. The van der Waals surface area contributed by atoms with E-state index in [0.29, 0.717) is 37.4 Å². The molecular weight excluding hydrogens is 391 g/mol. The molecule has 0 unspecified atom stereocenters. The minimum Gasteiger partial charge on any atom is -0.465 e. The number of piperidine rings is 1. The number of aromatic nitrogens is 2. The number of nitrogens with one attached hydrogen (secondary N) is 3. The molecule has 0 atom stereocenters. The van der Waals surface area contributed by atoms with Crippen LogP contribution in [0.1, 0.15) is 26.2 Å². The number of nitrogens with zero attached hydrogens (tertiary/aromatic N) is 3. The maximum absolute atomic E-state index is 14.3. The van der Waals surface area contributed by atoms with Crippen molar-refractivity contribution < 1.29 is 19.1 Å². The van der Waals surface area contributed by atoms with Gasteiger partial charge >= 0.3 is 6.09 Å². The lowest BCUT2D eigenvalue weighted by atomic mass is 9.97. The largest absolute Gasteiger partial charge is 0.465 e. The van der Waals surface area contributed by atoms with E-state index in [9.17, 15) is 14.0 Å². The summed E-state index contributed by atoms with van der Waals surface area (Å²) in [6, 6.07) is 7.07. The van der Waals surface area contributed by atoms with Crippen LogP contribution in [0.25, 0.3) is 0 Å². The second-order valence-corrected chi connectivity index (χ2v) is 7.09. The molecule has 2 aromatic rings. The van der Waals surface area contributed by atoms with Gasteiger partial charge < -0.3 is 26.0 Å². The van der Waals surface area contributed by atoms with Gasteiger partial charge in [0.25, 0.3) is 0 Å². The number of carbonyl (C=O) groups excluding carboxylic acids is 1. The number of carbonyl (C=O) groups is 2. The summed E-state index contributed by atoms with van der Waals surface area (Å²) in [6.07, 6.45) is 2.00. The normalized spacial score (nSPS) is 14.3. The fourth-order valence-corrected chi connectivity index (χ4v) is 3.24. The Kier molecular flexibility index (Phi) is 6.99. The standard InChI is InChI=1S/C20H25FN6O3/c1-2-17(28)24-14-3-5-15(6-4-14)25-19-22-12-16(21)18(26-19)27-9-7-13(8-10-27)11-23-20(29)30/h3-6,12-13,23H,2,7-11H2,1H3,(H,24,28)(H,29,30)(H,22,25,26). The Bertz CT molecular complexity index is 885. The van der Waals surface area contributed by atoms with Crippen LogP contribution in [-0.4, -0.2) is 46.7 Å². The van der Waals surface area contributed by atoms with E-state index in [1.165, 1.54) is 0 Å². The predicted octanol–water partition coefficient (Wildman–Crippen LogP) is 3.19. The lowest BCUT2D eigenvalue weighted by Crippen LogP contribution is -2.39. The highest BCUT2D eigenvalue weighted by Gasteiger charge is 2.23. The molecule has 0 saturated carbocycles. The molecule has 0 bridgehead atoms. The second-order valence-electron chi connectivity index (χ2n) is 7.09. The van der Waals surface area contributed by atoms with Crippen LogP contribution in [0, 0.1) is 11.7 Å². The molecule has 0 radical (unpaired) electrons. The average Bonchev–Trinajstić information content (AvgIpc) is 2.75. The topological polar surface area (TPSA) is 119 Å². The molecule has 2 amide bonds. The Morgan fingerprint density at radius 1 is 1.20 bits per heavy atom. The summed E-state index contributed by atoms with van der Waals surface area (Å²) in [6.45, 7) is 3.36. The number of hydrogen-bond acceptors (Lipinski definition) is 6. The molecule has 9 nitrogen and oxygen atoms in total. The summed E-state index contributed by atoms with van der Waals surface area (Å²) >= 11 is 0. The van der Waals surface area contributed by atoms with Crippen molar-refractivity contribution in [1.82, 2.24) is 15.3 Å². The van der Waals surface area contributed by atoms with Crippen LogP contribution in [0.2, 0.25) is 0 Å². The number of halogens is 1. The minimum absolute atomic E-state index is 0.0651. The smallest absolute Gasteiger partial charge is 0.404 e. The van der Waals surface area contributed by atoms with Gasteiger partial charge in [0.1, 0.15) is 0 Å².